The van der Waals surface area contributed by atoms with Gasteiger partial charge in [-0.05, 0) is 62.1 Å². The van der Waals surface area contributed by atoms with Crippen molar-refractivity contribution in [1.82, 2.24) is 0 Å². The molecule has 124 valence electrons. The van der Waals surface area contributed by atoms with Gasteiger partial charge in [-0.3, -0.25) is 0 Å². The molecule has 0 radical (unpaired) electrons. The van der Waals surface area contributed by atoms with E-state index in [2.05, 4.69) is 37.3 Å². The molecule has 2 nitrogen and oxygen atoms in total. The second-order valence-electron chi connectivity index (χ2n) is 6.51. The maximum Gasteiger partial charge on any atom is 0.0991 e. The zero-order valence-corrected chi connectivity index (χ0v) is 14.3. The van der Waals surface area contributed by atoms with Crippen molar-refractivity contribution in [3.8, 4) is 6.07 Å². The van der Waals surface area contributed by atoms with Gasteiger partial charge in [-0.25, -0.2) is 0 Å². The van der Waals surface area contributed by atoms with E-state index in [1.165, 1.54) is 44.1 Å². The fourth-order valence-corrected chi connectivity index (χ4v) is 3.28. The first kappa shape index (κ1) is 17.8. The fraction of sp³-hybridized carbons (Fsp3) is 0.571. The predicted octanol–water partition coefficient (Wildman–Crippen LogP) is 5.74. The van der Waals surface area contributed by atoms with Crippen LogP contribution in [0.5, 0.6) is 0 Å². The number of hydrogen-bond donors (Lipinski definition) is 0. The quantitative estimate of drug-likeness (QED) is 0.453. The van der Waals surface area contributed by atoms with Crippen LogP contribution in [-0.4, -0.2) is 12.7 Å². The van der Waals surface area contributed by atoms with Crippen LogP contribution in [0, 0.1) is 11.3 Å². The first-order chi connectivity index (χ1) is 11.3. The topological polar surface area (TPSA) is 33.0 Å². The summed E-state index contributed by atoms with van der Waals surface area (Å²) in [5.74, 6) is 0.632. The lowest BCUT2D eigenvalue weighted by Crippen LogP contribution is -2.20. The highest BCUT2D eigenvalue weighted by molar-refractivity contribution is 5.33. The Hall–Kier alpha value is -1.59. The number of benzene rings is 1. The standard InChI is InChI=1S/C21H29NO/c1-2-3-4-5-6-7-16-23-21-14-12-20(13-15-21)19-10-8-18(17-22)9-11-19/h6-11,20-21H,2-5,12-16H2,1H3. The molecule has 1 aromatic rings. The molecule has 1 fully saturated rings. The molecule has 0 bridgehead atoms. The molecule has 0 heterocycles. The number of nitrogens with zero attached hydrogens (tertiary/aromatic N) is 1. The van der Waals surface area contributed by atoms with E-state index in [4.69, 9.17) is 10.00 Å². The van der Waals surface area contributed by atoms with Crippen molar-refractivity contribution < 1.29 is 4.74 Å². The Morgan fingerprint density at radius 2 is 1.83 bits per heavy atom. The van der Waals surface area contributed by atoms with Crippen LogP contribution in [0.3, 0.4) is 0 Å². The molecular formula is C21H29NO. The Labute approximate surface area is 141 Å². The summed E-state index contributed by atoms with van der Waals surface area (Å²) in [6.07, 6.45) is 14.6. The largest absolute Gasteiger partial charge is 0.374 e. The Morgan fingerprint density at radius 1 is 1.09 bits per heavy atom. The fourth-order valence-electron chi connectivity index (χ4n) is 3.28. The van der Waals surface area contributed by atoms with Crippen molar-refractivity contribution >= 4 is 0 Å². The number of unbranched alkanes of at least 4 members (excludes halogenated alkanes) is 3. The van der Waals surface area contributed by atoms with Crippen LogP contribution >= 0.6 is 0 Å². The van der Waals surface area contributed by atoms with Crippen molar-refractivity contribution in [2.24, 2.45) is 0 Å². The molecule has 0 unspecified atom stereocenters. The molecule has 0 saturated heterocycles. The number of ether oxygens (including phenoxy) is 1. The Kier molecular flexibility index (Phi) is 7.90. The van der Waals surface area contributed by atoms with Gasteiger partial charge in [0.2, 0.25) is 0 Å². The van der Waals surface area contributed by atoms with E-state index in [-0.39, 0.29) is 0 Å². The van der Waals surface area contributed by atoms with E-state index >= 15 is 0 Å². The third-order valence-corrected chi connectivity index (χ3v) is 4.75. The molecule has 0 aliphatic heterocycles. The monoisotopic (exact) mass is 311 g/mol. The Balaban J connectivity index is 1.64. The summed E-state index contributed by atoms with van der Waals surface area (Å²) in [6, 6.07) is 10.3. The van der Waals surface area contributed by atoms with E-state index in [0.29, 0.717) is 12.0 Å². The second-order valence-corrected chi connectivity index (χ2v) is 6.51. The van der Waals surface area contributed by atoms with E-state index in [1.807, 2.05) is 12.1 Å². The minimum atomic E-state index is 0.421. The van der Waals surface area contributed by atoms with Crippen LogP contribution in [0.4, 0.5) is 0 Å². The molecule has 2 heteroatoms. The molecule has 23 heavy (non-hydrogen) atoms. The van der Waals surface area contributed by atoms with Gasteiger partial charge in [-0.1, -0.05) is 44.1 Å². The Bertz CT molecular complexity index is 504. The van der Waals surface area contributed by atoms with Crippen LogP contribution in [0.1, 0.15) is 75.3 Å². The van der Waals surface area contributed by atoms with Crippen molar-refractivity contribution in [2.75, 3.05) is 6.61 Å². The molecule has 1 aliphatic rings. The highest BCUT2D eigenvalue weighted by atomic mass is 16.5. The van der Waals surface area contributed by atoms with Gasteiger partial charge in [-0.2, -0.15) is 5.26 Å². The number of nitriles is 1. The van der Waals surface area contributed by atoms with Crippen LogP contribution < -0.4 is 0 Å². The summed E-state index contributed by atoms with van der Waals surface area (Å²) in [5, 5.41) is 8.86. The molecule has 0 spiro atoms. The van der Waals surface area contributed by atoms with E-state index in [9.17, 15) is 0 Å². The number of rotatable bonds is 8. The summed E-state index contributed by atoms with van der Waals surface area (Å²) >= 11 is 0. The smallest absolute Gasteiger partial charge is 0.0991 e. The minimum Gasteiger partial charge on any atom is -0.374 e. The zero-order chi connectivity index (χ0) is 16.3. The van der Waals surface area contributed by atoms with E-state index in [0.717, 1.165) is 25.0 Å². The average Bonchev–Trinajstić information content (AvgIpc) is 2.61. The molecule has 0 amide bonds. The van der Waals surface area contributed by atoms with Crippen LogP contribution in [0.25, 0.3) is 0 Å². The van der Waals surface area contributed by atoms with Crippen molar-refractivity contribution in [1.29, 1.82) is 5.26 Å². The van der Waals surface area contributed by atoms with Crippen molar-refractivity contribution in [3.63, 3.8) is 0 Å². The third-order valence-electron chi connectivity index (χ3n) is 4.75. The molecule has 0 N–H and O–H groups in total. The van der Waals surface area contributed by atoms with Gasteiger partial charge in [0.25, 0.3) is 0 Å². The average molecular weight is 311 g/mol. The molecule has 1 aliphatic carbocycles. The van der Waals surface area contributed by atoms with Gasteiger partial charge >= 0.3 is 0 Å². The van der Waals surface area contributed by atoms with Gasteiger partial charge in [0.1, 0.15) is 0 Å². The van der Waals surface area contributed by atoms with Crippen molar-refractivity contribution in [2.45, 2.75) is 70.3 Å². The van der Waals surface area contributed by atoms with Crippen LogP contribution in [0.2, 0.25) is 0 Å². The highest BCUT2D eigenvalue weighted by Gasteiger charge is 2.22. The highest BCUT2D eigenvalue weighted by Crippen LogP contribution is 2.34. The molecule has 2 rings (SSSR count). The van der Waals surface area contributed by atoms with Crippen LogP contribution in [-0.2, 0) is 4.74 Å². The predicted molar refractivity (Wildman–Crippen MR) is 95.4 cm³/mol. The normalized spacial score (nSPS) is 21.4. The van der Waals surface area contributed by atoms with Crippen LogP contribution in [0.15, 0.2) is 36.4 Å². The van der Waals surface area contributed by atoms with Crippen molar-refractivity contribution in [3.05, 3.63) is 47.5 Å². The second kappa shape index (κ2) is 10.2. The number of allylic oxidation sites excluding steroid dienone is 1. The molecule has 1 aromatic carbocycles. The van der Waals surface area contributed by atoms with Gasteiger partial charge in [0.15, 0.2) is 0 Å². The maximum absolute atomic E-state index is 8.86. The zero-order valence-electron chi connectivity index (χ0n) is 14.3. The molecule has 1 saturated carbocycles. The lowest BCUT2D eigenvalue weighted by atomic mass is 9.82. The first-order valence-electron chi connectivity index (χ1n) is 9.10. The number of hydrogen-bond acceptors (Lipinski definition) is 2. The summed E-state index contributed by atoms with van der Waals surface area (Å²) in [7, 11) is 0. The minimum absolute atomic E-state index is 0.421. The third kappa shape index (κ3) is 6.20. The van der Waals surface area contributed by atoms with Gasteiger partial charge in [0.05, 0.1) is 24.3 Å². The Morgan fingerprint density at radius 3 is 2.48 bits per heavy atom. The maximum atomic E-state index is 8.86. The van der Waals surface area contributed by atoms with Gasteiger partial charge in [-0.15, -0.1) is 0 Å². The molecule has 0 atom stereocenters. The summed E-state index contributed by atoms with van der Waals surface area (Å²) in [6.45, 7) is 3.00. The lowest BCUT2D eigenvalue weighted by molar-refractivity contribution is 0.0422. The molecular weight excluding hydrogens is 282 g/mol. The molecule has 0 aromatic heterocycles. The van der Waals surface area contributed by atoms with E-state index < -0.39 is 0 Å². The summed E-state index contributed by atoms with van der Waals surface area (Å²) in [4.78, 5) is 0. The SMILES string of the molecule is CCCCCC=CCOC1CCC(c2ccc(C#N)cc2)CC1. The first-order valence-corrected chi connectivity index (χ1v) is 9.10. The van der Waals surface area contributed by atoms with Gasteiger partial charge in [0, 0.05) is 0 Å². The lowest BCUT2D eigenvalue weighted by Gasteiger charge is -2.28. The summed E-state index contributed by atoms with van der Waals surface area (Å²) < 4.78 is 5.98. The van der Waals surface area contributed by atoms with Gasteiger partial charge < -0.3 is 4.74 Å². The summed E-state index contributed by atoms with van der Waals surface area (Å²) in [5.41, 5.74) is 2.12. The van der Waals surface area contributed by atoms with E-state index in [1.54, 1.807) is 0 Å².